The normalized spacial score (nSPS) is 10.9. The summed E-state index contributed by atoms with van der Waals surface area (Å²) in [6.45, 7) is 1.12. The number of aliphatic hydroxyl groups is 1. The highest BCUT2D eigenvalue weighted by Gasteiger charge is 2.20. The molecule has 1 aromatic carbocycles. The lowest BCUT2D eigenvalue weighted by molar-refractivity contribution is -0.386. The largest absolute Gasteiger partial charge is 0.395 e. The van der Waals surface area contributed by atoms with Gasteiger partial charge in [-0.1, -0.05) is 6.07 Å². The van der Waals surface area contributed by atoms with Gasteiger partial charge < -0.3 is 9.84 Å². The number of rotatable bonds is 8. The van der Waals surface area contributed by atoms with Crippen molar-refractivity contribution in [2.24, 2.45) is 0 Å². The molecule has 1 aromatic rings. The molecule has 1 rings (SSSR count). The first-order chi connectivity index (χ1) is 9.10. The Morgan fingerprint density at radius 2 is 2.21 bits per heavy atom. The van der Waals surface area contributed by atoms with Gasteiger partial charge in [0.25, 0.3) is 5.69 Å². The fourth-order valence-corrected chi connectivity index (χ4v) is 1.73. The van der Waals surface area contributed by atoms with E-state index in [1.165, 1.54) is 25.3 Å². The number of benzene rings is 1. The summed E-state index contributed by atoms with van der Waals surface area (Å²) in [5.74, 6) is -0.616. The molecule has 0 aliphatic heterocycles. The molecule has 6 nitrogen and oxygen atoms in total. The minimum Gasteiger partial charge on any atom is -0.395 e. The number of methoxy groups -OCH3 is 1. The van der Waals surface area contributed by atoms with Crippen molar-refractivity contribution in [3.8, 4) is 0 Å². The molecule has 0 heterocycles. The van der Waals surface area contributed by atoms with Gasteiger partial charge in [0.15, 0.2) is 0 Å². The molecule has 0 radical (unpaired) electrons. The second-order valence-corrected chi connectivity index (χ2v) is 3.99. The molecule has 0 unspecified atom stereocenters. The van der Waals surface area contributed by atoms with Crippen LogP contribution >= 0.6 is 0 Å². The van der Waals surface area contributed by atoms with Gasteiger partial charge >= 0.3 is 0 Å². The lowest BCUT2D eigenvalue weighted by Gasteiger charge is -2.21. The lowest BCUT2D eigenvalue weighted by Crippen LogP contribution is -2.30. The molecule has 0 aliphatic carbocycles. The van der Waals surface area contributed by atoms with E-state index in [1.54, 1.807) is 4.90 Å². The highest BCUT2D eigenvalue weighted by molar-refractivity contribution is 5.40. The first-order valence-electron chi connectivity index (χ1n) is 5.84. The van der Waals surface area contributed by atoms with Crippen LogP contribution in [0.2, 0.25) is 0 Å². The Kier molecular flexibility index (Phi) is 6.34. The van der Waals surface area contributed by atoms with Crippen molar-refractivity contribution in [3.05, 3.63) is 39.7 Å². The van der Waals surface area contributed by atoms with Gasteiger partial charge in [-0.05, 0) is 6.07 Å². The van der Waals surface area contributed by atoms with Crippen LogP contribution < -0.4 is 0 Å². The van der Waals surface area contributed by atoms with E-state index >= 15 is 0 Å². The van der Waals surface area contributed by atoms with E-state index in [4.69, 9.17) is 9.84 Å². The summed E-state index contributed by atoms with van der Waals surface area (Å²) in [5.41, 5.74) is -0.225. The van der Waals surface area contributed by atoms with Crippen molar-refractivity contribution >= 4 is 5.69 Å². The highest BCUT2D eigenvalue weighted by Crippen LogP contribution is 2.22. The Morgan fingerprint density at radius 1 is 1.47 bits per heavy atom. The molecule has 0 saturated heterocycles. The summed E-state index contributed by atoms with van der Waals surface area (Å²) in [6, 6.07) is 3.77. The minimum absolute atomic E-state index is 0.0250. The maximum Gasteiger partial charge on any atom is 0.276 e. The number of nitrogens with zero attached hydrogens (tertiary/aromatic N) is 2. The van der Waals surface area contributed by atoms with Crippen LogP contribution in [0.25, 0.3) is 0 Å². The van der Waals surface area contributed by atoms with Crippen molar-refractivity contribution < 1.29 is 19.2 Å². The average Bonchev–Trinajstić information content (AvgIpc) is 2.38. The standard InChI is InChI=1S/C12H17FN2O4/c1-19-8-6-14(5-7-16)9-10-11(13)3-2-4-12(10)15(17)18/h2-4,16H,5-9H2,1H3. The van der Waals surface area contributed by atoms with Crippen molar-refractivity contribution in [2.75, 3.05) is 33.4 Å². The summed E-state index contributed by atoms with van der Waals surface area (Å²) in [7, 11) is 1.53. The average molecular weight is 272 g/mol. The first-order valence-corrected chi connectivity index (χ1v) is 5.84. The SMILES string of the molecule is COCCN(CCO)Cc1c(F)cccc1[N+](=O)[O-]. The molecule has 0 saturated carbocycles. The molecule has 0 fully saturated rings. The molecule has 0 bridgehead atoms. The Morgan fingerprint density at radius 3 is 2.79 bits per heavy atom. The number of aliphatic hydroxyl groups excluding tert-OH is 1. The van der Waals surface area contributed by atoms with Crippen LogP contribution in [0.4, 0.5) is 10.1 Å². The Labute approximate surface area is 110 Å². The van der Waals surface area contributed by atoms with E-state index in [0.717, 1.165) is 0 Å². The van der Waals surface area contributed by atoms with E-state index in [9.17, 15) is 14.5 Å². The third-order valence-electron chi connectivity index (χ3n) is 2.70. The molecule has 0 spiro atoms. The molecule has 19 heavy (non-hydrogen) atoms. The Balaban J connectivity index is 2.91. The van der Waals surface area contributed by atoms with Crippen LogP contribution in [-0.4, -0.2) is 48.3 Å². The predicted octanol–water partition coefficient (Wildman–Crippen LogP) is 1.17. The van der Waals surface area contributed by atoms with Crippen LogP contribution in [0.15, 0.2) is 18.2 Å². The van der Waals surface area contributed by atoms with Gasteiger partial charge in [0, 0.05) is 32.8 Å². The summed E-state index contributed by atoms with van der Waals surface area (Å²) in [4.78, 5) is 12.0. The van der Waals surface area contributed by atoms with Gasteiger partial charge in [-0.3, -0.25) is 15.0 Å². The van der Waals surface area contributed by atoms with Gasteiger partial charge in [0.1, 0.15) is 5.82 Å². The summed E-state index contributed by atoms with van der Waals surface area (Å²) in [5, 5.41) is 19.8. The topological polar surface area (TPSA) is 75.8 Å². The van der Waals surface area contributed by atoms with Crippen LogP contribution in [-0.2, 0) is 11.3 Å². The molecule has 0 amide bonds. The molecular formula is C12H17FN2O4. The second kappa shape index (κ2) is 7.78. The molecule has 0 atom stereocenters. The quantitative estimate of drug-likeness (QED) is 0.568. The molecule has 7 heteroatoms. The van der Waals surface area contributed by atoms with Crippen molar-refractivity contribution in [3.63, 3.8) is 0 Å². The number of hydrogen-bond donors (Lipinski definition) is 1. The summed E-state index contributed by atoms with van der Waals surface area (Å²) in [6.07, 6.45) is 0. The smallest absolute Gasteiger partial charge is 0.276 e. The van der Waals surface area contributed by atoms with Crippen LogP contribution in [0.5, 0.6) is 0 Å². The number of hydrogen-bond acceptors (Lipinski definition) is 5. The van der Waals surface area contributed by atoms with Gasteiger partial charge in [0.2, 0.25) is 0 Å². The van der Waals surface area contributed by atoms with Crippen LogP contribution in [0.1, 0.15) is 5.56 Å². The third kappa shape index (κ3) is 4.55. The van der Waals surface area contributed by atoms with Crippen molar-refractivity contribution in [1.82, 2.24) is 4.90 Å². The number of nitro benzene ring substituents is 1. The zero-order valence-electron chi connectivity index (χ0n) is 10.7. The highest BCUT2D eigenvalue weighted by atomic mass is 19.1. The zero-order valence-corrected chi connectivity index (χ0v) is 10.7. The lowest BCUT2D eigenvalue weighted by atomic mass is 10.1. The van der Waals surface area contributed by atoms with E-state index < -0.39 is 10.7 Å². The molecule has 0 aromatic heterocycles. The maximum atomic E-state index is 13.7. The minimum atomic E-state index is -0.616. The van der Waals surface area contributed by atoms with Crippen LogP contribution in [0, 0.1) is 15.9 Å². The van der Waals surface area contributed by atoms with Gasteiger partial charge in [-0.25, -0.2) is 4.39 Å². The first kappa shape index (κ1) is 15.5. The van der Waals surface area contributed by atoms with Crippen molar-refractivity contribution in [1.29, 1.82) is 0 Å². The second-order valence-electron chi connectivity index (χ2n) is 3.99. The number of halogens is 1. The third-order valence-corrected chi connectivity index (χ3v) is 2.70. The zero-order chi connectivity index (χ0) is 14.3. The van der Waals surface area contributed by atoms with E-state index in [-0.39, 0.29) is 24.4 Å². The fourth-order valence-electron chi connectivity index (χ4n) is 1.73. The summed E-state index contributed by atoms with van der Waals surface area (Å²) >= 11 is 0. The number of ether oxygens (including phenoxy) is 1. The molecule has 106 valence electrons. The maximum absolute atomic E-state index is 13.7. The monoisotopic (exact) mass is 272 g/mol. The Hall–Kier alpha value is -1.57. The fraction of sp³-hybridized carbons (Fsp3) is 0.500. The van der Waals surface area contributed by atoms with E-state index in [0.29, 0.717) is 19.7 Å². The molecular weight excluding hydrogens is 255 g/mol. The van der Waals surface area contributed by atoms with Crippen LogP contribution in [0.3, 0.4) is 0 Å². The predicted molar refractivity (Wildman–Crippen MR) is 67.3 cm³/mol. The summed E-state index contributed by atoms with van der Waals surface area (Å²) < 4.78 is 18.6. The van der Waals surface area contributed by atoms with Gasteiger partial charge in [0.05, 0.1) is 23.7 Å². The van der Waals surface area contributed by atoms with E-state index in [1.807, 2.05) is 0 Å². The van der Waals surface area contributed by atoms with E-state index in [2.05, 4.69) is 0 Å². The molecule has 1 N–H and O–H groups in total. The molecule has 0 aliphatic rings. The van der Waals surface area contributed by atoms with Gasteiger partial charge in [-0.15, -0.1) is 0 Å². The Bertz CT molecular complexity index is 428. The number of nitro groups is 1. The van der Waals surface area contributed by atoms with Crippen molar-refractivity contribution in [2.45, 2.75) is 6.54 Å². The van der Waals surface area contributed by atoms with Gasteiger partial charge in [-0.2, -0.15) is 0 Å².